The Morgan fingerprint density at radius 1 is 1.31 bits per heavy atom. The molecule has 1 aromatic heterocycles. The minimum atomic E-state index is -0.104. The zero-order chi connectivity index (χ0) is 11.4. The Morgan fingerprint density at radius 3 is 2.62 bits per heavy atom. The molecule has 1 atom stereocenters. The third kappa shape index (κ3) is 2.44. The van der Waals surface area contributed by atoms with E-state index >= 15 is 0 Å². The molecule has 1 aromatic carbocycles. The highest BCUT2D eigenvalue weighted by molar-refractivity contribution is 7.03. The van der Waals surface area contributed by atoms with Crippen LogP contribution in [0.2, 0.25) is 0 Å². The highest BCUT2D eigenvalue weighted by atomic mass is 32.1. The lowest BCUT2D eigenvalue weighted by molar-refractivity contribution is 0.276. The molecule has 1 heterocycles. The molecule has 0 fully saturated rings. The van der Waals surface area contributed by atoms with Gasteiger partial charge in [-0.15, -0.1) is 5.10 Å². The van der Waals surface area contributed by atoms with Gasteiger partial charge in [-0.05, 0) is 23.5 Å². The van der Waals surface area contributed by atoms with E-state index in [1.807, 2.05) is 29.6 Å². The van der Waals surface area contributed by atoms with E-state index in [2.05, 4.69) is 9.59 Å². The maximum atomic E-state index is 8.81. The van der Waals surface area contributed by atoms with Gasteiger partial charge >= 0.3 is 0 Å². The van der Waals surface area contributed by atoms with Crippen molar-refractivity contribution in [3.8, 4) is 11.3 Å². The average Bonchev–Trinajstić information content (AvgIpc) is 2.83. The molecular formula is C11H13N3OS. The Morgan fingerprint density at radius 2 is 2.06 bits per heavy atom. The van der Waals surface area contributed by atoms with Crippen molar-refractivity contribution >= 4 is 11.5 Å². The Hall–Kier alpha value is -1.30. The summed E-state index contributed by atoms with van der Waals surface area (Å²) in [7, 11) is 0. The molecule has 0 amide bonds. The van der Waals surface area contributed by atoms with Gasteiger partial charge in [-0.1, -0.05) is 28.8 Å². The Labute approximate surface area is 97.9 Å². The molecule has 0 aliphatic heterocycles. The molecule has 0 saturated heterocycles. The molecule has 0 spiro atoms. The lowest BCUT2D eigenvalue weighted by atomic mass is 10.0. The van der Waals surface area contributed by atoms with Crippen LogP contribution in [0.3, 0.4) is 0 Å². The number of hydrogen-bond acceptors (Lipinski definition) is 5. The third-order valence-corrected chi connectivity index (χ3v) is 2.94. The maximum absolute atomic E-state index is 8.81. The number of rotatable bonds is 4. The summed E-state index contributed by atoms with van der Waals surface area (Å²) in [4.78, 5) is 0. The predicted molar refractivity (Wildman–Crippen MR) is 64.0 cm³/mol. The number of nitrogens with two attached hydrogens (primary N) is 1. The molecule has 3 N–H and O–H groups in total. The van der Waals surface area contributed by atoms with Gasteiger partial charge in [0.1, 0.15) is 5.69 Å². The molecule has 16 heavy (non-hydrogen) atoms. The monoisotopic (exact) mass is 235 g/mol. The molecule has 0 radical (unpaired) electrons. The van der Waals surface area contributed by atoms with Crippen molar-refractivity contribution in [1.82, 2.24) is 9.59 Å². The van der Waals surface area contributed by atoms with E-state index in [0.29, 0.717) is 6.42 Å². The summed E-state index contributed by atoms with van der Waals surface area (Å²) in [5.41, 5.74) is 8.83. The van der Waals surface area contributed by atoms with Gasteiger partial charge in [0.15, 0.2) is 0 Å². The van der Waals surface area contributed by atoms with Crippen molar-refractivity contribution in [2.24, 2.45) is 5.73 Å². The number of aliphatic hydroxyl groups is 1. The first-order valence-electron chi connectivity index (χ1n) is 5.05. The summed E-state index contributed by atoms with van der Waals surface area (Å²) >= 11 is 1.33. The molecule has 84 valence electrons. The van der Waals surface area contributed by atoms with E-state index in [1.165, 1.54) is 11.5 Å². The highest BCUT2D eigenvalue weighted by Crippen LogP contribution is 2.21. The first kappa shape index (κ1) is 11.2. The van der Waals surface area contributed by atoms with Gasteiger partial charge in [0.25, 0.3) is 0 Å². The van der Waals surface area contributed by atoms with Gasteiger partial charge in [0, 0.05) is 23.6 Å². The summed E-state index contributed by atoms with van der Waals surface area (Å²) < 4.78 is 3.82. The number of aliphatic hydroxyl groups excluding tert-OH is 1. The lowest BCUT2D eigenvalue weighted by Gasteiger charge is -2.10. The van der Waals surface area contributed by atoms with Gasteiger partial charge in [-0.3, -0.25) is 0 Å². The van der Waals surface area contributed by atoms with Gasteiger partial charge in [-0.2, -0.15) is 0 Å². The zero-order valence-electron chi connectivity index (χ0n) is 8.71. The van der Waals surface area contributed by atoms with E-state index in [4.69, 9.17) is 10.8 Å². The molecule has 0 saturated carbocycles. The van der Waals surface area contributed by atoms with Crippen LogP contribution >= 0.6 is 11.5 Å². The van der Waals surface area contributed by atoms with E-state index < -0.39 is 0 Å². The van der Waals surface area contributed by atoms with Gasteiger partial charge in [0.2, 0.25) is 0 Å². The second-order valence-electron chi connectivity index (χ2n) is 3.53. The molecule has 0 aliphatic carbocycles. The average molecular weight is 235 g/mol. The molecule has 2 rings (SSSR count). The SMILES string of the molecule is NC(CCO)c1ccc(-c2csnn2)cc1. The number of hydrogen-bond donors (Lipinski definition) is 2. The molecular weight excluding hydrogens is 222 g/mol. The topological polar surface area (TPSA) is 72.0 Å². The van der Waals surface area contributed by atoms with Crippen LogP contribution in [-0.2, 0) is 0 Å². The van der Waals surface area contributed by atoms with Crippen LogP contribution in [-0.4, -0.2) is 21.3 Å². The standard InChI is InChI=1S/C11H13N3OS/c12-10(5-6-15)8-1-3-9(4-2-8)11-7-16-14-13-11/h1-4,7,10,15H,5-6,12H2. The van der Waals surface area contributed by atoms with Crippen LogP contribution in [0, 0.1) is 0 Å². The predicted octanol–water partition coefficient (Wildman–Crippen LogP) is 1.59. The van der Waals surface area contributed by atoms with Gasteiger partial charge in [-0.25, -0.2) is 0 Å². The van der Waals surface area contributed by atoms with Crippen LogP contribution in [0.1, 0.15) is 18.0 Å². The Balaban J connectivity index is 2.16. The molecule has 2 aromatic rings. The van der Waals surface area contributed by atoms with Crippen molar-refractivity contribution in [2.75, 3.05) is 6.61 Å². The summed E-state index contributed by atoms with van der Waals surface area (Å²) in [5.74, 6) is 0. The highest BCUT2D eigenvalue weighted by Gasteiger charge is 2.06. The summed E-state index contributed by atoms with van der Waals surface area (Å²) in [5, 5.41) is 14.7. The summed E-state index contributed by atoms with van der Waals surface area (Å²) in [6.45, 7) is 0.110. The van der Waals surface area contributed by atoms with Gasteiger partial charge < -0.3 is 10.8 Å². The Kier molecular flexibility index (Phi) is 3.61. The Bertz CT molecular complexity index is 427. The van der Waals surface area contributed by atoms with Crippen LogP contribution in [0.4, 0.5) is 0 Å². The third-order valence-electron chi connectivity index (χ3n) is 2.43. The van der Waals surface area contributed by atoms with Crippen LogP contribution < -0.4 is 5.73 Å². The summed E-state index contributed by atoms with van der Waals surface area (Å²) in [6, 6.07) is 7.78. The van der Waals surface area contributed by atoms with Crippen molar-refractivity contribution in [2.45, 2.75) is 12.5 Å². The fourth-order valence-electron chi connectivity index (χ4n) is 1.50. The van der Waals surface area contributed by atoms with Crippen molar-refractivity contribution < 1.29 is 5.11 Å². The molecule has 1 unspecified atom stereocenters. The van der Waals surface area contributed by atoms with Gasteiger partial charge in [0.05, 0.1) is 0 Å². The van der Waals surface area contributed by atoms with E-state index in [0.717, 1.165) is 16.8 Å². The zero-order valence-corrected chi connectivity index (χ0v) is 9.52. The van der Waals surface area contributed by atoms with Crippen LogP contribution in [0.25, 0.3) is 11.3 Å². The number of nitrogens with zero attached hydrogens (tertiary/aromatic N) is 2. The quantitative estimate of drug-likeness (QED) is 0.844. The number of aromatic nitrogens is 2. The van der Waals surface area contributed by atoms with Crippen LogP contribution in [0.5, 0.6) is 0 Å². The molecule has 0 bridgehead atoms. The fraction of sp³-hybridized carbons (Fsp3) is 0.273. The minimum absolute atomic E-state index is 0.104. The fourth-order valence-corrected chi connectivity index (χ4v) is 1.96. The van der Waals surface area contributed by atoms with Crippen molar-refractivity contribution in [1.29, 1.82) is 0 Å². The smallest absolute Gasteiger partial charge is 0.105 e. The van der Waals surface area contributed by atoms with Crippen molar-refractivity contribution in [3.63, 3.8) is 0 Å². The second kappa shape index (κ2) is 5.16. The largest absolute Gasteiger partial charge is 0.396 e. The first-order chi connectivity index (χ1) is 7.81. The maximum Gasteiger partial charge on any atom is 0.105 e. The number of benzene rings is 1. The molecule has 5 heteroatoms. The van der Waals surface area contributed by atoms with E-state index in [-0.39, 0.29) is 12.6 Å². The van der Waals surface area contributed by atoms with E-state index in [1.54, 1.807) is 0 Å². The van der Waals surface area contributed by atoms with Crippen LogP contribution in [0.15, 0.2) is 29.6 Å². The minimum Gasteiger partial charge on any atom is -0.396 e. The molecule has 4 nitrogen and oxygen atoms in total. The lowest BCUT2D eigenvalue weighted by Crippen LogP contribution is -2.11. The van der Waals surface area contributed by atoms with Crippen molar-refractivity contribution in [3.05, 3.63) is 35.2 Å². The second-order valence-corrected chi connectivity index (χ2v) is 4.14. The first-order valence-corrected chi connectivity index (χ1v) is 5.88. The normalized spacial score (nSPS) is 12.6. The summed E-state index contributed by atoms with van der Waals surface area (Å²) in [6.07, 6.45) is 0.581. The molecule has 0 aliphatic rings. The van der Waals surface area contributed by atoms with E-state index in [9.17, 15) is 0 Å².